The number of hydrogen-bond acceptors (Lipinski definition) is 2. The van der Waals surface area contributed by atoms with E-state index in [9.17, 15) is 22.4 Å². The Morgan fingerprint density at radius 2 is 2.10 bits per heavy atom. The lowest BCUT2D eigenvalue weighted by molar-refractivity contribution is -0.139. The van der Waals surface area contributed by atoms with Gasteiger partial charge in [0.05, 0.1) is 18.7 Å². The largest absolute Gasteiger partial charge is 0.491 e. The summed E-state index contributed by atoms with van der Waals surface area (Å²) < 4.78 is 54.4. The second-order valence-electron chi connectivity index (χ2n) is 5.16. The van der Waals surface area contributed by atoms with Crippen LogP contribution in [0.1, 0.15) is 19.8 Å². The molecule has 0 heterocycles. The van der Waals surface area contributed by atoms with E-state index < -0.39 is 25.0 Å². The van der Waals surface area contributed by atoms with Gasteiger partial charge in [0.2, 0.25) is 5.91 Å². The molecule has 7 heteroatoms. The van der Waals surface area contributed by atoms with Crippen LogP contribution in [-0.2, 0) is 4.79 Å². The Morgan fingerprint density at radius 1 is 1.43 bits per heavy atom. The van der Waals surface area contributed by atoms with E-state index in [1.165, 1.54) is 6.07 Å². The van der Waals surface area contributed by atoms with Crippen LogP contribution < -0.4 is 10.1 Å². The Kier molecular flexibility index (Phi) is 4.39. The fraction of sp³-hybridized carbons (Fsp3) is 0.500. The number of carbonyl (C=O) groups excluding carboxylic acids is 1. The fourth-order valence-corrected chi connectivity index (χ4v) is 1.91. The first-order valence-corrected chi connectivity index (χ1v) is 6.56. The van der Waals surface area contributed by atoms with Gasteiger partial charge in [-0.05, 0) is 24.5 Å². The molecule has 1 fully saturated rings. The Morgan fingerprint density at radius 3 is 2.67 bits per heavy atom. The number of hydrogen-bond donors (Lipinski definition) is 1. The number of alkyl halides is 3. The number of rotatable bonds is 5. The molecule has 0 aromatic heterocycles. The zero-order valence-corrected chi connectivity index (χ0v) is 11.3. The molecule has 0 bridgehead atoms. The number of nitrogens with one attached hydrogen (secondary N) is 1. The molecule has 21 heavy (non-hydrogen) atoms. The minimum absolute atomic E-state index is 0.0964. The van der Waals surface area contributed by atoms with Gasteiger partial charge in [-0.3, -0.25) is 4.79 Å². The average Bonchev–Trinajstić information content (AvgIpc) is 3.08. The maximum atomic E-state index is 13.2. The van der Waals surface area contributed by atoms with Crippen molar-refractivity contribution in [2.24, 2.45) is 11.8 Å². The highest BCUT2D eigenvalue weighted by atomic mass is 19.4. The minimum Gasteiger partial charge on any atom is -0.491 e. The first-order valence-electron chi connectivity index (χ1n) is 6.56. The Bertz CT molecular complexity index is 530. The molecular formula is C14H15F4NO2. The van der Waals surface area contributed by atoms with Crippen molar-refractivity contribution in [2.45, 2.75) is 25.9 Å². The summed E-state index contributed by atoms with van der Waals surface area (Å²) in [5.74, 6) is -0.774. The third kappa shape index (κ3) is 4.61. The van der Waals surface area contributed by atoms with Crippen molar-refractivity contribution in [3.63, 3.8) is 0 Å². The predicted octanol–water partition coefficient (Wildman–Crippen LogP) is 3.75. The Labute approximate surface area is 119 Å². The quantitative estimate of drug-likeness (QED) is 0.841. The Hall–Kier alpha value is -1.79. The number of anilines is 1. The number of ether oxygens (including phenoxy) is 1. The third-order valence-corrected chi connectivity index (χ3v) is 3.29. The SMILES string of the molecule is C[C@@H]1C[C@H]1C(=O)Nc1ccc(F)cc1OCCC(F)(F)F. The number of carbonyl (C=O) groups is 1. The first kappa shape index (κ1) is 15.6. The van der Waals surface area contributed by atoms with Gasteiger partial charge in [0, 0.05) is 12.0 Å². The van der Waals surface area contributed by atoms with Crippen LogP contribution in [0, 0.1) is 17.7 Å². The van der Waals surface area contributed by atoms with E-state index in [-0.39, 0.29) is 23.3 Å². The van der Waals surface area contributed by atoms with E-state index in [4.69, 9.17) is 4.74 Å². The maximum Gasteiger partial charge on any atom is 0.392 e. The molecule has 0 unspecified atom stereocenters. The summed E-state index contributed by atoms with van der Waals surface area (Å²) in [6, 6.07) is 3.36. The first-order chi connectivity index (χ1) is 9.76. The molecule has 1 aromatic carbocycles. The summed E-state index contributed by atoms with van der Waals surface area (Å²) in [6.07, 6.45) is -4.71. The Balaban J connectivity index is 2.01. The topological polar surface area (TPSA) is 38.3 Å². The van der Waals surface area contributed by atoms with E-state index in [0.29, 0.717) is 5.92 Å². The third-order valence-electron chi connectivity index (χ3n) is 3.29. The van der Waals surface area contributed by atoms with Crippen molar-refractivity contribution in [3.05, 3.63) is 24.0 Å². The normalized spacial score (nSPS) is 21.0. The summed E-state index contributed by atoms with van der Waals surface area (Å²) in [6.45, 7) is 1.30. The monoisotopic (exact) mass is 305 g/mol. The highest BCUT2D eigenvalue weighted by Crippen LogP contribution is 2.39. The summed E-state index contributed by atoms with van der Waals surface area (Å²) in [7, 11) is 0. The average molecular weight is 305 g/mol. The zero-order chi connectivity index (χ0) is 15.6. The highest BCUT2D eigenvalue weighted by Gasteiger charge is 2.39. The second-order valence-corrected chi connectivity index (χ2v) is 5.16. The van der Waals surface area contributed by atoms with Crippen LogP contribution in [-0.4, -0.2) is 18.7 Å². The molecule has 1 N–H and O–H groups in total. The van der Waals surface area contributed by atoms with E-state index in [2.05, 4.69) is 5.32 Å². The van der Waals surface area contributed by atoms with Crippen LogP contribution in [0.2, 0.25) is 0 Å². The molecule has 2 atom stereocenters. The van der Waals surface area contributed by atoms with Crippen molar-refractivity contribution in [1.82, 2.24) is 0 Å². The zero-order valence-electron chi connectivity index (χ0n) is 11.3. The van der Waals surface area contributed by atoms with E-state index in [0.717, 1.165) is 18.6 Å². The second kappa shape index (κ2) is 5.91. The van der Waals surface area contributed by atoms with Gasteiger partial charge in [-0.15, -0.1) is 0 Å². The van der Waals surface area contributed by atoms with E-state index in [1.54, 1.807) is 0 Å². The van der Waals surface area contributed by atoms with E-state index in [1.807, 2.05) is 6.92 Å². The number of amides is 1. The molecule has 0 radical (unpaired) electrons. The number of benzene rings is 1. The van der Waals surface area contributed by atoms with Crippen molar-refractivity contribution < 1.29 is 27.1 Å². The lowest BCUT2D eigenvalue weighted by Gasteiger charge is -2.13. The van der Waals surface area contributed by atoms with Crippen LogP contribution >= 0.6 is 0 Å². The van der Waals surface area contributed by atoms with Gasteiger partial charge in [0.15, 0.2) is 0 Å². The van der Waals surface area contributed by atoms with Crippen LogP contribution in [0.25, 0.3) is 0 Å². The van der Waals surface area contributed by atoms with Crippen molar-refractivity contribution >= 4 is 11.6 Å². The highest BCUT2D eigenvalue weighted by molar-refractivity contribution is 5.95. The van der Waals surface area contributed by atoms with Crippen LogP contribution in [0.5, 0.6) is 5.75 Å². The summed E-state index contributed by atoms with van der Waals surface area (Å²) >= 11 is 0. The molecule has 2 rings (SSSR count). The predicted molar refractivity (Wildman–Crippen MR) is 68.5 cm³/mol. The van der Waals surface area contributed by atoms with E-state index >= 15 is 0 Å². The maximum absolute atomic E-state index is 13.2. The van der Waals surface area contributed by atoms with Gasteiger partial charge >= 0.3 is 6.18 Å². The van der Waals surface area contributed by atoms with Crippen LogP contribution in [0.4, 0.5) is 23.2 Å². The van der Waals surface area contributed by atoms with Crippen molar-refractivity contribution in [1.29, 1.82) is 0 Å². The molecule has 1 amide bonds. The molecule has 1 aliphatic rings. The molecular weight excluding hydrogens is 290 g/mol. The fourth-order valence-electron chi connectivity index (χ4n) is 1.91. The summed E-state index contributed by atoms with van der Waals surface area (Å²) in [5.41, 5.74) is 0.183. The lowest BCUT2D eigenvalue weighted by Crippen LogP contribution is -2.17. The van der Waals surface area contributed by atoms with Gasteiger partial charge < -0.3 is 10.1 Å². The summed E-state index contributed by atoms with van der Waals surface area (Å²) in [4.78, 5) is 11.8. The van der Waals surface area contributed by atoms with Gasteiger partial charge in [-0.25, -0.2) is 4.39 Å². The molecule has 116 valence electrons. The van der Waals surface area contributed by atoms with Crippen LogP contribution in [0.3, 0.4) is 0 Å². The molecule has 0 spiro atoms. The molecule has 3 nitrogen and oxygen atoms in total. The molecule has 1 saturated carbocycles. The smallest absolute Gasteiger partial charge is 0.392 e. The molecule has 0 aliphatic heterocycles. The molecule has 0 saturated heterocycles. The van der Waals surface area contributed by atoms with Gasteiger partial charge in [0.1, 0.15) is 11.6 Å². The van der Waals surface area contributed by atoms with Crippen molar-refractivity contribution in [3.8, 4) is 5.75 Å². The lowest BCUT2D eigenvalue weighted by atomic mass is 10.2. The number of halogens is 4. The van der Waals surface area contributed by atoms with Gasteiger partial charge in [-0.2, -0.15) is 13.2 Å². The minimum atomic E-state index is -4.35. The van der Waals surface area contributed by atoms with Crippen molar-refractivity contribution in [2.75, 3.05) is 11.9 Å². The molecule has 1 aromatic rings. The van der Waals surface area contributed by atoms with Crippen LogP contribution in [0.15, 0.2) is 18.2 Å². The standard InChI is InChI=1S/C14H15F4NO2/c1-8-6-10(8)13(20)19-11-3-2-9(15)7-12(11)21-5-4-14(16,17)18/h2-3,7-8,10H,4-6H2,1H3,(H,19,20)/t8-,10-/m1/s1. The van der Waals surface area contributed by atoms with Gasteiger partial charge in [0.25, 0.3) is 0 Å². The molecule has 1 aliphatic carbocycles. The van der Waals surface area contributed by atoms with Gasteiger partial charge in [-0.1, -0.05) is 6.92 Å². The summed E-state index contributed by atoms with van der Waals surface area (Å²) in [5, 5.41) is 2.57.